The van der Waals surface area contributed by atoms with E-state index in [-0.39, 0.29) is 36.6 Å². The van der Waals surface area contributed by atoms with Crippen LogP contribution in [-0.4, -0.2) is 11.9 Å². The summed E-state index contributed by atoms with van der Waals surface area (Å²) in [5.74, 6) is -1.81. The van der Waals surface area contributed by atoms with Gasteiger partial charge in [0, 0.05) is 11.9 Å². The van der Waals surface area contributed by atoms with Gasteiger partial charge < -0.3 is 15.6 Å². The average Bonchev–Trinajstić information content (AvgIpc) is 2.04. The van der Waals surface area contributed by atoms with Gasteiger partial charge >= 0.3 is 18.9 Å². The predicted molar refractivity (Wildman–Crippen MR) is 39.6 cm³/mol. The van der Waals surface area contributed by atoms with Crippen molar-refractivity contribution in [1.29, 1.82) is 0 Å². The average molecular weight is 177 g/mol. The molecule has 0 aromatic heterocycles. The number of nitrogens with two attached hydrogens (primary N) is 1. The monoisotopic (exact) mass is 177 g/mol. The van der Waals surface area contributed by atoms with Crippen LogP contribution in [0.3, 0.4) is 0 Å². The van der Waals surface area contributed by atoms with Crippen LogP contribution in [-0.2, 0) is 9.59 Å². The molecule has 0 aliphatic heterocycles. The van der Waals surface area contributed by atoms with Gasteiger partial charge in [-0.05, 0) is 31.6 Å². The molecular weight excluding hydrogens is 165 g/mol. The Kier molecular flexibility index (Phi) is 5.12. The molecule has 0 aromatic rings. The van der Waals surface area contributed by atoms with Crippen LogP contribution in [0.15, 0.2) is 0 Å². The number of amides is 1. The maximum atomic E-state index is 10.7. The number of rotatable bonds is 2. The first kappa shape index (κ1) is 12.5. The van der Waals surface area contributed by atoms with Crippen LogP contribution in [0.1, 0.15) is 25.7 Å². The number of hydrogen-bond donors (Lipinski definition) is 1. The molecule has 0 spiro atoms. The molecule has 0 unspecified atom stereocenters. The Bertz CT molecular complexity index is 178. The van der Waals surface area contributed by atoms with E-state index >= 15 is 0 Å². The molecule has 0 heterocycles. The first-order chi connectivity index (χ1) is 5.61. The van der Waals surface area contributed by atoms with E-state index in [0.29, 0.717) is 25.7 Å². The fourth-order valence-electron chi connectivity index (χ4n) is 1.61. The van der Waals surface area contributed by atoms with Gasteiger partial charge in [0.1, 0.15) is 0 Å². The summed E-state index contributed by atoms with van der Waals surface area (Å²) in [7, 11) is 0. The standard InChI is InChI=1S/C8H13NO3.Li/c9-7(10)5-1-3-6(4-2-5)8(11)12;/h5-6H,1-4H2,(H2,9,10)(H,11,12);/q;+1/p-1. The zero-order valence-electron chi connectivity index (χ0n) is 7.79. The maximum absolute atomic E-state index is 10.7. The third-order valence-electron chi connectivity index (χ3n) is 2.46. The van der Waals surface area contributed by atoms with Crippen LogP contribution in [0.4, 0.5) is 0 Å². The summed E-state index contributed by atoms with van der Waals surface area (Å²) >= 11 is 0. The Labute approximate surface area is 89.0 Å². The van der Waals surface area contributed by atoms with Gasteiger partial charge in [-0.3, -0.25) is 4.79 Å². The van der Waals surface area contributed by atoms with Crippen molar-refractivity contribution >= 4 is 11.9 Å². The smallest absolute Gasteiger partial charge is 0.550 e. The molecule has 1 aliphatic carbocycles. The topological polar surface area (TPSA) is 83.2 Å². The summed E-state index contributed by atoms with van der Waals surface area (Å²) in [6, 6.07) is 0. The number of hydrogen-bond acceptors (Lipinski definition) is 3. The molecule has 1 rings (SSSR count). The summed E-state index contributed by atoms with van der Waals surface area (Å²) in [5, 5.41) is 10.4. The number of aliphatic carboxylic acids is 1. The van der Waals surface area contributed by atoms with Crippen molar-refractivity contribution in [2.24, 2.45) is 17.6 Å². The van der Waals surface area contributed by atoms with Crippen molar-refractivity contribution in [3.05, 3.63) is 0 Å². The minimum Gasteiger partial charge on any atom is -0.550 e. The molecule has 2 N–H and O–H groups in total. The second-order valence-corrected chi connectivity index (χ2v) is 3.27. The van der Waals surface area contributed by atoms with Crippen molar-refractivity contribution in [3.63, 3.8) is 0 Å². The Morgan fingerprint density at radius 2 is 1.46 bits per heavy atom. The van der Waals surface area contributed by atoms with E-state index in [0.717, 1.165) is 0 Å². The number of primary amides is 1. The van der Waals surface area contributed by atoms with Crippen LogP contribution in [0.25, 0.3) is 0 Å². The molecular formula is C8H12LiNO3. The fraction of sp³-hybridized carbons (Fsp3) is 0.750. The Morgan fingerprint density at radius 1 is 1.08 bits per heavy atom. The maximum Gasteiger partial charge on any atom is 1.00 e. The van der Waals surface area contributed by atoms with Gasteiger partial charge in [-0.15, -0.1) is 0 Å². The minimum atomic E-state index is -1.00. The molecule has 1 amide bonds. The van der Waals surface area contributed by atoms with Gasteiger partial charge in [-0.2, -0.15) is 0 Å². The molecule has 0 saturated heterocycles. The normalized spacial score (nSPS) is 27.4. The Morgan fingerprint density at radius 3 is 1.77 bits per heavy atom. The molecule has 0 bridgehead atoms. The van der Waals surface area contributed by atoms with E-state index in [9.17, 15) is 14.7 Å². The second-order valence-electron chi connectivity index (χ2n) is 3.27. The molecule has 0 atom stereocenters. The van der Waals surface area contributed by atoms with Crippen LogP contribution in [0.2, 0.25) is 0 Å². The fourth-order valence-corrected chi connectivity index (χ4v) is 1.61. The van der Waals surface area contributed by atoms with E-state index in [1.807, 2.05) is 0 Å². The largest absolute Gasteiger partial charge is 1.00 e. The van der Waals surface area contributed by atoms with Crippen molar-refractivity contribution in [3.8, 4) is 0 Å². The van der Waals surface area contributed by atoms with Crippen molar-refractivity contribution in [1.82, 2.24) is 0 Å². The SMILES string of the molecule is NC(=O)C1CCC(C(=O)[O-])CC1.[Li+]. The van der Waals surface area contributed by atoms with Gasteiger partial charge in [-0.1, -0.05) is 0 Å². The van der Waals surface area contributed by atoms with E-state index in [4.69, 9.17) is 5.73 Å². The zero-order chi connectivity index (χ0) is 9.14. The van der Waals surface area contributed by atoms with E-state index in [1.165, 1.54) is 0 Å². The minimum absolute atomic E-state index is 0. The summed E-state index contributed by atoms with van der Waals surface area (Å²) in [6.45, 7) is 0. The summed E-state index contributed by atoms with van der Waals surface area (Å²) in [6.07, 6.45) is 2.23. The predicted octanol–water partition coefficient (Wildman–Crippen LogP) is -3.97. The van der Waals surface area contributed by atoms with Crippen LogP contribution in [0, 0.1) is 11.8 Å². The third-order valence-corrected chi connectivity index (χ3v) is 2.46. The van der Waals surface area contributed by atoms with Gasteiger partial charge in [0.2, 0.25) is 5.91 Å². The van der Waals surface area contributed by atoms with Crippen LogP contribution >= 0.6 is 0 Å². The van der Waals surface area contributed by atoms with Gasteiger partial charge in [0.15, 0.2) is 0 Å². The summed E-state index contributed by atoms with van der Waals surface area (Å²) in [5.41, 5.74) is 5.09. The van der Waals surface area contributed by atoms with Gasteiger partial charge in [-0.25, -0.2) is 0 Å². The number of carbonyl (C=O) groups excluding carboxylic acids is 2. The number of carboxylic acids is 1. The van der Waals surface area contributed by atoms with Gasteiger partial charge in [0.25, 0.3) is 0 Å². The first-order valence-corrected chi connectivity index (χ1v) is 4.11. The Hall–Kier alpha value is -0.463. The summed E-state index contributed by atoms with van der Waals surface area (Å²) < 4.78 is 0. The van der Waals surface area contributed by atoms with E-state index < -0.39 is 5.97 Å². The third kappa shape index (κ3) is 3.41. The molecule has 1 fully saturated rings. The Balaban J connectivity index is 0.00000144. The molecule has 4 nitrogen and oxygen atoms in total. The number of carboxylic acid groups (broad SMARTS) is 1. The van der Waals surface area contributed by atoms with E-state index in [1.54, 1.807) is 0 Å². The summed E-state index contributed by atoms with van der Waals surface area (Å²) in [4.78, 5) is 21.1. The first-order valence-electron chi connectivity index (χ1n) is 4.11. The van der Waals surface area contributed by atoms with Crippen molar-refractivity contribution in [2.75, 3.05) is 0 Å². The second kappa shape index (κ2) is 5.31. The van der Waals surface area contributed by atoms with Crippen molar-refractivity contribution in [2.45, 2.75) is 25.7 Å². The zero-order valence-corrected chi connectivity index (χ0v) is 7.79. The molecule has 1 saturated carbocycles. The van der Waals surface area contributed by atoms with E-state index in [2.05, 4.69) is 0 Å². The number of carbonyl (C=O) groups is 2. The van der Waals surface area contributed by atoms with Crippen LogP contribution in [0.5, 0.6) is 0 Å². The molecule has 5 heteroatoms. The molecule has 13 heavy (non-hydrogen) atoms. The quantitative estimate of drug-likeness (QED) is 0.437. The molecule has 0 radical (unpaired) electrons. The van der Waals surface area contributed by atoms with Crippen molar-refractivity contribution < 1.29 is 33.6 Å². The molecule has 0 aromatic carbocycles. The van der Waals surface area contributed by atoms with Crippen LogP contribution < -0.4 is 29.7 Å². The molecule has 1 aliphatic rings. The molecule has 68 valence electrons. The van der Waals surface area contributed by atoms with Gasteiger partial charge in [0.05, 0.1) is 0 Å².